The van der Waals surface area contributed by atoms with Crippen LogP contribution in [0.3, 0.4) is 0 Å². The molecule has 1 aromatic carbocycles. The summed E-state index contributed by atoms with van der Waals surface area (Å²) in [5.74, 6) is 0.193. The normalized spacial score (nSPS) is 20.4. The van der Waals surface area contributed by atoms with Crippen LogP contribution in [0.15, 0.2) is 18.2 Å². The molecule has 1 heterocycles. The van der Waals surface area contributed by atoms with Crippen LogP contribution < -0.4 is 5.32 Å². The van der Waals surface area contributed by atoms with Crippen LogP contribution in [0.4, 0.5) is 4.39 Å². The molecule has 0 radical (unpaired) electrons. The van der Waals surface area contributed by atoms with E-state index in [1.54, 1.807) is 12.1 Å². The minimum absolute atomic E-state index is 0.154. The fourth-order valence-corrected chi connectivity index (χ4v) is 2.22. The SMILES string of the molecule is N#Cc1cc(CC2CCCNC2)ccc1F. The lowest BCUT2D eigenvalue weighted by molar-refractivity contribution is 0.376. The van der Waals surface area contributed by atoms with Crippen LogP contribution in [0.25, 0.3) is 0 Å². The van der Waals surface area contributed by atoms with Crippen molar-refractivity contribution in [2.45, 2.75) is 19.3 Å². The van der Waals surface area contributed by atoms with Gasteiger partial charge in [0.25, 0.3) is 0 Å². The van der Waals surface area contributed by atoms with Crippen LogP contribution in [0.2, 0.25) is 0 Å². The van der Waals surface area contributed by atoms with E-state index in [9.17, 15) is 4.39 Å². The van der Waals surface area contributed by atoms with Gasteiger partial charge in [-0.05, 0) is 56.0 Å². The summed E-state index contributed by atoms with van der Waals surface area (Å²) < 4.78 is 13.1. The minimum Gasteiger partial charge on any atom is -0.316 e. The molecule has 1 aliphatic rings. The molecule has 1 saturated heterocycles. The van der Waals surface area contributed by atoms with E-state index < -0.39 is 5.82 Å². The number of piperidine rings is 1. The second-order valence-electron chi connectivity index (χ2n) is 4.34. The maximum Gasteiger partial charge on any atom is 0.140 e. The van der Waals surface area contributed by atoms with E-state index >= 15 is 0 Å². The van der Waals surface area contributed by atoms with Crippen LogP contribution in [-0.4, -0.2) is 13.1 Å². The van der Waals surface area contributed by atoms with Crippen molar-refractivity contribution in [2.75, 3.05) is 13.1 Å². The molecule has 0 bridgehead atoms. The maximum atomic E-state index is 13.1. The average Bonchev–Trinajstić information content (AvgIpc) is 2.33. The molecule has 0 aromatic heterocycles. The van der Waals surface area contributed by atoms with Gasteiger partial charge >= 0.3 is 0 Å². The van der Waals surface area contributed by atoms with E-state index in [4.69, 9.17) is 5.26 Å². The first kappa shape index (κ1) is 11.1. The highest BCUT2D eigenvalue weighted by Crippen LogP contribution is 2.18. The van der Waals surface area contributed by atoms with Gasteiger partial charge in [-0.3, -0.25) is 0 Å². The van der Waals surface area contributed by atoms with E-state index in [1.807, 2.05) is 6.07 Å². The molecule has 2 rings (SSSR count). The van der Waals surface area contributed by atoms with E-state index in [0.29, 0.717) is 5.92 Å². The summed E-state index contributed by atoms with van der Waals surface area (Å²) in [6.07, 6.45) is 3.35. The van der Waals surface area contributed by atoms with Gasteiger partial charge in [-0.2, -0.15) is 5.26 Å². The molecule has 0 aliphatic carbocycles. The number of nitriles is 1. The molecule has 1 unspecified atom stereocenters. The van der Waals surface area contributed by atoms with Crippen LogP contribution in [-0.2, 0) is 6.42 Å². The zero-order chi connectivity index (χ0) is 11.4. The highest BCUT2D eigenvalue weighted by atomic mass is 19.1. The lowest BCUT2D eigenvalue weighted by Gasteiger charge is -2.22. The van der Waals surface area contributed by atoms with Crippen molar-refractivity contribution in [2.24, 2.45) is 5.92 Å². The second kappa shape index (κ2) is 5.09. The van der Waals surface area contributed by atoms with Crippen LogP contribution in [0, 0.1) is 23.1 Å². The Labute approximate surface area is 95.1 Å². The predicted molar refractivity (Wildman–Crippen MR) is 60.4 cm³/mol. The first-order valence-corrected chi connectivity index (χ1v) is 5.69. The standard InChI is InChI=1S/C13H15FN2/c14-13-4-3-10(7-12(13)8-15)6-11-2-1-5-16-9-11/h3-4,7,11,16H,1-2,5-6,9H2. The number of rotatable bonds is 2. The Hall–Kier alpha value is -1.40. The van der Waals surface area contributed by atoms with Gasteiger partial charge in [0.2, 0.25) is 0 Å². The number of halogens is 1. The minimum atomic E-state index is -0.423. The summed E-state index contributed by atoms with van der Waals surface area (Å²) in [7, 11) is 0. The highest BCUT2D eigenvalue weighted by molar-refractivity contribution is 5.34. The zero-order valence-corrected chi connectivity index (χ0v) is 9.17. The average molecular weight is 218 g/mol. The van der Waals surface area contributed by atoms with Gasteiger partial charge in [0.05, 0.1) is 5.56 Å². The molecular weight excluding hydrogens is 203 g/mol. The smallest absolute Gasteiger partial charge is 0.140 e. The number of nitrogens with zero attached hydrogens (tertiary/aromatic N) is 1. The summed E-state index contributed by atoms with van der Waals surface area (Å²) in [6.45, 7) is 2.13. The summed E-state index contributed by atoms with van der Waals surface area (Å²) in [5.41, 5.74) is 1.22. The quantitative estimate of drug-likeness (QED) is 0.826. The largest absolute Gasteiger partial charge is 0.316 e. The molecule has 0 amide bonds. The molecule has 16 heavy (non-hydrogen) atoms. The van der Waals surface area contributed by atoms with Crippen molar-refractivity contribution in [3.8, 4) is 6.07 Å². The lowest BCUT2D eigenvalue weighted by atomic mass is 9.92. The molecule has 1 fully saturated rings. The van der Waals surface area contributed by atoms with Gasteiger partial charge in [-0.25, -0.2) is 4.39 Å². The number of benzene rings is 1. The van der Waals surface area contributed by atoms with Gasteiger partial charge in [-0.15, -0.1) is 0 Å². The monoisotopic (exact) mass is 218 g/mol. The lowest BCUT2D eigenvalue weighted by Crippen LogP contribution is -2.30. The Morgan fingerprint density at radius 1 is 1.50 bits per heavy atom. The molecule has 1 N–H and O–H groups in total. The number of hydrogen-bond donors (Lipinski definition) is 1. The third-order valence-corrected chi connectivity index (χ3v) is 3.07. The van der Waals surface area contributed by atoms with E-state index in [0.717, 1.165) is 25.1 Å². The summed E-state index contributed by atoms with van der Waals surface area (Å²) >= 11 is 0. The Bertz CT molecular complexity index is 403. The van der Waals surface area contributed by atoms with Gasteiger partial charge in [0.1, 0.15) is 11.9 Å². The third kappa shape index (κ3) is 2.59. The first-order valence-electron chi connectivity index (χ1n) is 5.69. The number of hydrogen-bond acceptors (Lipinski definition) is 2. The van der Waals surface area contributed by atoms with Crippen molar-refractivity contribution in [3.05, 3.63) is 35.1 Å². The molecule has 2 nitrogen and oxygen atoms in total. The van der Waals surface area contributed by atoms with Crippen LogP contribution in [0.1, 0.15) is 24.0 Å². The molecule has 0 saturated carbocycles. The van der Waals surface area contributed by atoms with Gasteiger partial charge in [0, 0.05) is 0 Å². The summed E-state index contributed by atoms with van der Waals surface area (Å²) in [5, 5.41) is 12.1. The Morgan fingerprint density at radius 3 is 3.06 bits per heavy atom. The molecule has 1 atom stereocenters. The summed E-state index contributed by atoms with van der Waals surface area (Å²) in [6, 6.07) is 6.73. The van der Waals surface area contributed by atoms with E-state index in [1.165, 1.54) is 18.9 Å². The van der Waals surface area contributed by atoms with Crippen LogP contribution >= 0.6 is 0 Å². The molecule has 0 spiro atoms. The van der Waals surface area contributed by atoms with Crippen molar-refractivity contribution in [1.82, 2.24) is 5.32 Å². The fourth-order valence-electron chi connectivity index (χ4n) is 2.22. The van der Waals surface area contributed by atoms with Crippen molar-refractivity contribution in [1.29, 1.82) is 5.26 Å². The van der Waals surface area contributed by atoms with Crippen molar-refractivity contribution < 1.29 is 4.39 Å². The third-order valence-electron chi connectivity index (χ3n) is 3.07. The summed E-state index contributed by atoms with van der Waals surface area (Å²) in [4.78, 5) is 0. The predicted octanol–water partition coefficient (Wildman–Crippen LogP) is 2.24. The van der Waals surface area contributed by atoms with E-state index in [-0.39, 0.29) is 5.56 Å². The Balaban J connectivity index is 2.06. The van der Waals surface area contributed by atoms with Crippen molar-refractivity contribution >= 4 is 0 Å². The van der Waals surface area contributed by atoms with E-state index in [2.05, 4.69) is 5.32 Å². The van der Waals surface area contributed by atoms with Crippen LogP contribution in [0.5, 0.6) is 0 Å². The first-order chi connectivity index (χ1) is 7.79. The second-order valence-corrected chi connectivity index (χ2v) is 4.34. The zero-order valence-electron chi connectivity index (χ0n) is 9.17. The molecule has 84 valence electrons. The molecular formula is C13H15FN2. The van der Waals surface area contributed by atoms with Gasteiger partial charge in [0.15, 0.2) is 0 Å². The maximum absolute atomic E-state index is 13.1. The highest BCUT2D eigenvalue weighted by Gasteiger charge is 2.14. The molecule has 3 heteroatoms. The topological polar surface area (TPSA) is 35.8 Å². The van der Waals surface area contributed by atoms with Crippen molar-refractivity contribution in [3.63, 3.8) is 0 Å². The molecule has 1 aliphatic heterocycles. The van der Waals surface area contributed by atoms with Gasteiger partial charge < -0.3 is 5.32 Å². The molecule has 1 aromatic rings. The Kier molecular flexibility index (Phi) is 3.53. The fraction of sp³-hybridized carbons (Fsp3) is 0.462. The Morgan fingerprint density at radius 2 is 2.38 bits per heavy atom. The number of nitrogens with one attached hydrogen (secondary N) is 1. The van der Waals surface area contributed by atoms with Gasteiger partial charge in [-0.1, -0.05) is 6.07 Å².